The number of piperazine rings is 1. The number of nitrogens with zero attached hydrogens (tertiary/aromatic N) is 1. The minimum Gasteiger partial charge on any atom is -0.396 e. The quantitative estimate of drug-likeness (QED) is 0.753. The van der Waals surface area contributed by atoms with Crippen LogP contribution < -0.4 is 5.32 Å². The lowest BCUT2D eigenvalue weighted by molar-refractivity contribution is -0.137. The molecule has 1 saturated heterocycles. The molecule has 1 fully saturated rings. The van der Waals surface area contributed by atoms with Gasteiger partial charge in [-0.2, -0.15) is 13.2 Å². The third-order valence-corrected chi connectivity index (χ3v) is 4.25. The van der Waals surface area contributed by atoms with Gasteiger partial charge in [0.15, 0.2) is 0 Å². The number of hydrogen-bond acceptors (Lipinski definition) is 3. The van der Waals surface area contributed by atoms with Crippen molar-refractivity contribution >= 4 is 24.0 Å². The molecule has 1 aliphatic heterocycles. The van der Waals surface area contributed by atoms with Gasteiger partial charge in [0.1, 0.15) is 5.82 Å². The van der Waals surface area contributed by atoms with Crippen molar-refractivity contribution in [2.75, 3.05) is 32.8 Å². The Morgan fingerprint density at radius 2 is 1.88 bits per heavy atom. The summed E-state index contributed by atoms with van der Waals surface area (Å²) in [5.74, 6) is -0.818. The van der Waals surface area contributed by atoms with Crippen molar-refractivity contribution in [2.45, 2.75) is 25.1 Å². The van der Waals surface area contributed by atoms with Crippen LogP contribution in [0.15, 0.2) is 12.1 Å². The number of halogens is 6. The molecule has 3 nitrogen and oxygen atoms in total. The van der Waals surface area contributed by atoms with E-state index in [0.717, 1.165) is 6.07 Å². The van der Waals surface area contributed by atoms with E-state index in [1.165, 1.54) is 0 Å². The maximum absolute atomic E-state index is 14.4. The highest BCUT2D eigenvalue weighted by atomic mass is 35.5. The van der Waals surface area contributed by atoms with Crippen LogP contribution in [0.5, 0.6) is 0 Å². The molecule has 2 N–H and O–H groups in total. The summed E-state index contributed by atoms with van der Waals surface area (Å²) >= 11 is 5.69. The molecule has 2 rings (SSSR count). The van der Waals surface area contributed by atoms with Crippen LogP contribution in [0, 0.1) is 5.82 Å². The van der Waals surface area contributed by atoms with Crippen LogP contribution in [0.2, 0.25) is 5.02 Å². The molecule has 1 aromatic carbocycles. The fourth-order valence-electron chi connectivity index (χ4n) is 2.83. The summed E-state index contributed by atoms with van der Waals surface area (Å²) in [6.45, 7) is 2.47. The first-order valence-corrected chi connectivity index (χ1v) is 7.84. The van der Waals surface area contributed by atoms with Gasteiger partial charge >= 0.3 is 6.18 Å². The molecule has 1 aliphatic rings. The first-order valence-electron chi connectivity index (χ1n) is 7.46. The van der Waals surface area contributed by atoms with Gasteiger partial charge in [-0.15, -0.1) is 12.4 Å². The van der Waals surface area contributed by atoms with Crippen molar-refractivity contribution in [3.05, 3.63) is 34.1 Å². The Morgan fingerprint density at radius 3 is 2.42 bits per heavy atom. The van der Waals surface area contributed by atoms with Crippen LogP contribution in [0.4, 0.5) is 17.6 Å². The molecule has 9 heteroatoms. The minimum atomic E-state index is -4.59. The van der Waals surface area contributed by atoms with E-state index in [2.05, 4.69) is 5.32 Å². The highest BCUT2D eigenvalue weighted by molar-refractivity contribution is 6.30. The summed E-state index contributed by atoms with van der Waals surface area (Å²) in [5.41, 5.74) is -1.01. The third-order valence-electron chi connectivity index (χ3n) is 3.97. The highest BCUT2D eigenvalue weighted by Crippen LogP contribution is 2.37. The standard InChI is InChI=1S/C15H19ClF4N2O.ClH/c16-12-9-10(15(18,19)20)8-11(14(12)17)13(2-1-7-23)22-5-3-21-4-6-22;/h8-9,13,21,23H,1-7H2;1H/t13-;/m1./s1. The van der Waals surface area contributed by atoms with Crippen molar-refractivity contribution in [2.24, 2.45) is 0 Å². The minimum absolute atomic E-state index is 0. The molecule has 0 aromatic heterocycles. The molecule has 0 saturated carbocycles. The van der Waals surface area contributed by atoms with Crippen LogP contribution in [-0.4, -0.2) is 42.8 Å². The Bertz CT molecular complexity index is 537. The van der Waals surface area contributed by atoms with Crippen LogP contribution in [-0.2, 0) is 6.18 Å². The Kier molecular flexibility index (Phi) is 8.22. The van der Waals surface area contributed by atoms with Gasteiger partial charge < -0.3 is 10.4 Å². The smallest absolute Gasteiger partial charge is 0.396 e. The lowest BCUT2D eigenvalue weighted by Crippen LogP contribution is -2.45. The topological polar surface area (TPSA) is 35.5 Å². The number of alkyl halides is 3. The highest BCUT2D eigenvalue weighted by Gasteiger charge is 2.34. The van der Waals surface area contributed by atoms with Crippen molar-refractivity contribution in [3.63, 3.8) is 0 Å². The molecular formula is C15H20Cl2F4N2O. The van der Waals surface area contributed by atoms with Crippen LogP contribution in [0.25, 0.3) is 0 Å². The average molecular weight is 391 g/mol. The summed E-state index contributed by atoms with van der Waals surface area (Å²) in [5, 5.41) is 11.7. The largest absolute Gasteiger partial charge is 0.416 e. The van der Waals surface area contributed by atoms with Crippen LogP contribution >= 0.6 is 24.0 Å². The van der Waals surface area contributed by atoms with E-state index in [0.29, 0.717) is 45.1 Å². The van der Waals surface area contributed by atoms with E-state index in [9.17, 15) is 17.6 Å². The monoisotopic (exact) mass is 390 g/mol. The SMILES string of the molecule is Cl.OCCC[C@H](c1cc(C(F)(F)F)cc(Cl)c1F)N1CCNCC1. The predicted molar refractivity (Wildman–Crippen MR) is 87.2 cm³/mol. The fraction of sp³-hybridized carbons (Fsp3) is 0.600. The molecule has 0 unspecified atom stereocenters. The first-order chi connectivity index (χ1) is 10.8. The zero-order valence-corrected chi connectivity index (χ0v) is 14.4. The fourth-order valence-corrected chi connectivity index (χ4v) is 3.06. The summed E-state index contributed by atoms with van der Waals surface area (Å²) in [4.78, 5) is 1.93. The Balaban J connectivity index is 0.00000288. The summed E-state index contributed by atoms with van der Waals surface area (Å²) in [6, 6.07) is 0.913. The average Bonchev–Trinajstić information content (AvgIpc) is 2.51. The molecule has 138 valence electrons. The second kappa shape index (κ2) is 9.20. The second-order valence-corrected chi connectivity index (χ2v) is 5.93. The van der Waals surface area contributed by atoms with Gasteiger partial charge in [-0.25, -0.2) is 4.39 Å². The molecule has 1 heterocycles. The van der Waals surface area contributed by atoms with Gasteiger partial charge in [0, 0.05) is 44.4 Å². The van der Waals surface area contributed by atoms with Crippen molar-refractivity contribution < 1.29 is 22.7 Å². The summed E-state index contributed by atoms with van der Waals surface area (Å²) in [7, 11) is 0. The summed E-state index contributed by atoms with van der Waals surface area (Å²) < 4.78 is 53.4. The van der Waals surface area contributed by atoms with Gasteiger partial charge in [0.25, 0.3) is 0 Å². The number of benzene rings is 1. The lowest BCUT2D eigenvalue weighted by Gasteiger charge is -2.35. The second-order valence-electron chi connectivity index (χ2n) is 5.53. The van der Waals surface area contributed by atoms with Crippen molar-refractivity contribution in [1.29, 1.82) is 0 Å². The zero-order chi connectivity index (χ0) is 17.0. The van der Waals surface area contributed by atoms with Crippen molar-refractivity contribution in [3.8, 4) is 0 Å². The van der Waals surface area contributed by atoms with E-state index in [-0.39, 0.29) is 24.6 Å². The number of aliphatic hydroxyl groups is 1. The van der Waals surface area contributed by atoms with Crippen LogP contribution in [0.1, 0.15) is 30.0 Å². The van der Waals surface area contributed by atoms with E-state index >= 15 is 0 Å². The van der Waals surface area contributed by atoms with Gasteiger partial charge in [0.2, 0.25) is 0 Å². The Hall–Kier alpha value is -0.600. The molecule has 1 aromatic rings. The van der Waals surface area contributed by atoms with Crippen molar-refractivity contribution in [1.82, 2.24) is 10.2 Å². The molecular weight excluding hydrogens is 371 g/mol. The van der Waals surface area contributed by atoms with E-state index < -0.39 is 28.6 Å². The number of nitrogens with one attached hydrogen (secondary N) is 1. The molecule has 0 spiro atoms. The van der Waals surface area contributed by atoms with Crippen LogP contribution in [0.3, 0.4) is 0 Å². The predicted octanol–water partition coefficient (Wildman–Crippen LogP) is 3.64. The maximum Gasteiger partial charge on any atom is 0.416 e. The molecule has 1 atom stereocenters. The summed E-state index contributed by atoms with van der Waals surface area (Å²) in [6.07, 6.45) is -3.84. The first kappa shape index (κ1) is 21.4. The number of rotatable bonds is 5. The number of aliphatic hydroxyl groups excluding tert-OH is 1. The molecule has 0 aliphatic carbocycles. The third kappa shape index (κ3) is 5.20. The normalized spacial score (nSPS) is 17.4. The van der Waals surface area contributed by atoms with Gasteiger partial charge in [-0.05, 0) is 25.0 Å². The van der Waals surface area contributed by atoms with Gasteiger partial charge in [-0.3, -0.25) is 4.90 Å². The molecule has 0 bridgehead atoms. The molecule has 0 amide bonds. The van der Waals surface area contributed by atoms with E-state index in [1.807, 2.05) is 4.90 Å². The number of hydrogen-bond donors (Lipinski definition) is 2. The Morgan fingerprint density at radius 1 is 1.25 bits per heavy atom. The van der Waals surface area contributed by atoms with Gasteiger partial charge in [-0.1, -0.05) is 11.6 Å². The maximum atomic E-state index is 14.4. The Labute approximate surface area is 149 Å². The van der Waals surface area contributed by atoms with Gasteiger partial charge in [0.05, 0.1) is 10.6 Å². The van der Waals surface area contributed by atoms with E-state index in [4.69, 9.17) is 16.7 Å². The molecule has 0 radical (unpaired) electrons. The van der Waals surface area contributed by atoms with E-state index in [1.54, 1.807) is 0 Å². The zero-order valence-electron chi connectivity index (χ0n) is 12.9. The lowest BCUT2D eigenvalue weighted by atomic mass is 9.97. The molecule has 24 heavy (non-hydrogen) atoms.